The van der Waals surface area contributed by atoms with E-state index in [-0.39, 0.29) is 0 Å². The molecule has 4 nitrogen and oxygen atoms in total. The predicted molar refractivity (Wildman–Crippen MR) is 70.0 cm³/mol. The molecule has 0 amide bonds. The molecule has 0 bridgehead atoms. The lowest BCUT2D eigenvalue weighted by Gasteiger charge is -2.07. The summed E-state index contributed by atoms with van der Waals surface area (Å²) in [4.78, 5) is 4.35. The predicted octanol–water partition coefficient (Wildman–Crippen LogP) is 2.61. The molecule has 0 saturated heterocycles. The van der Waals surface area contributed by atoms with Crippen LogP contribution in [0.2, 0.25) is 0 Å². The Morgan fingerprint density at radius 1 is 1.41 bits per heavy atom. The highest BCUT2D eigenvalue weighted by Gasteiger charge is 2.04. The van der Waals surface area contributed by atoms with Crippen LogP contribution < -0.4 is 11.1 Å². The molecule has 2 rings (SSSR count). The van der Waals surface area contributed by atoms with E-state index in [0.29, 0.717) is 11.9 Å². The summed E-state index contributed by atoms with van der Waals surface area (Å²) in [5, 5.41) is 3.19. The minimum absolute atomic E-state index is 0.584. The van der Waals surface area contributed by atoms with Crippen LogP contribution in [0.15, 0.2) is 28.7 Å². The van der Waals surface area contributed by atoms with Crippen molar-refractivity contribution in [3.05, 3.63) is 24.3 Å². The summed E-state index contributed by atoms with van der Waals surface area (Å²) in [6.45, 7) is 3.79. The molecule has 0 radical (unpaired) electrons. The molecule has 1 aromatic heterocycles. The molecule has 0 aliphatic heterocycles. The van der Waals surface area contributed by atoms with E-state index in [0.717, 1.165) is 37.0 Å². The van der Waals surface area contributed by atoms with Gasteiger partial charge in [0.05, 0.1) is 0 Å². The minimum atomic E-state index is 0.584. The first kappa shape index (κ1) is 11.9. The number of nitrogens with one attached hydrogen (secondary N) is 1. The third-order valence-electron chi connectivity index (χ3n) is 2.85. The molecule has 0 spiro atoms. The lowest BCUT2D eigenvalue weighted by Crippen LogP contribution is -2.12. The first-order chi connectivity index (χ1) is 8.29. The van der Waals surface area contributed by atoms with Crippen LogP contribution in [0.4, 0.5) is 6.01 Å². The van der Waals surface area contributed by atoms with E-state index < -0.39 is 0 Å². The van der Waals surface area contributed by atoms with Crippen molar-refractivity contribution in [2.24, 2.45) is 11.7 Å². The van der Waals surface area contributed by atoms with E-state index in [1.807, 2.05) is 24.3 Å². The molecule has 1 heterocycles. The Bertz CT molecular complexity index is 433. The second kappa shape index (κ2) is 5.68. The maximum absolute atomic E-state index is 5.57. The number of nitrogens with zero attached hydrogens (tertiary/aromatic N) is 1. The summed E-state index contributed by atoms with van der Waals surface area (Å²) >= 11 is 0. The lowest BCUT2D eigenvalue weighted by molar-refractivity contribution is 0.525. The second-order valence-electron chi connectivity index (χ2n) is 4.40. The van der Waals surface area contributed by atoms with Gasteiger partial charge in [0.1, 0.15) is 5.52 Å². The molecule has 1 atom stereocenters. The zero-order chi connectivity index (χ0) is 12.1. The second-order valence-corrected chi connectivity index (χ2v) is 4.40. The number of nitrogens with two attached hydrogens (primary N) is 1. The van der Waals surface area contributed by atoms with Gasteiger partial charge in [0.25, 0.3) is 6.01 Å². The fourth-order valence-electron chi connectivity index (χ4n) is 1.71. The van der Waals surface area contributed by atoms with Gasteiger partial charge in [-0.15, -0.1) is 0 Å². The normalized spacial score (nSPS) is 12.8. The summed E-state index contributed by atoms with van der Waals surface area (Å²) in [5.74, 6) is 0.584. The first-order valence-corrected chi connectivity index (χ1v) is 6.09. The molecule has 1 aromatic carbocycles. The van der Waals surface area contributed by atoms with Crippen LogP contribution in [0, 0.1) is 5.92 Å². The lowest BCUT2D eigenvalue weighted by atomic mass is 10.1. The Balaban J connectivity index is 1.83. The van der Waals surface area contributed by atoms with E-state index in [1.165, 1.54) is 0 Å². The van der Waals surface area contributed by atoms with Crippen molar-refractivity contribution < 1.29 is 4.42 Å². The maximum atomic E-state index is 5.57. The van der Waals surface area contributed by atoms with E-state index in [2.05, 4.69) is 17.2 Å². The van der Waals surface area contributed by atoms with Crippen LogP contribution in [0.25, 0.3) is 11.1 Å². The van der Waals surface area contributed by atoms with E-state index in [9.17, 15) is 0 Å². The fraction of sp³-hybridized carbons (Fsp3) is 0.462. The van der Waals surface area contributed by atoms with Gasteiger partial charge in [-0.3, -0.25) is 0 Å². The number of aromatic nitrogens is 1. The number of hydrogen-bond acceptors (Lipinski definition) is 4. The molecule has 3 N–H and O–H groups in total. The van der Waals surface area contributed by atoms with Gasteiger partial charge in [-0.05, 0) is 37.4 Å². The number of oxazole rings is 1. The number of anilines is 1. The number of rotatable bonds is 6. The van der Waals surface area contributed by atoms with Crippen LogP contribution in [-0.4, -0.2) is 18.1 Å². The van der Waals surface area contributed by atoms with Crippen LogP contribution >= 0.6 is 0 Å². The van der Waals surface area contributed by atoms with Crippen LogP contribution in [-0.2, 0) is 0 Å². The number of hydrogen-bond donors (Lipinski definition) is 2. The molecule has 17 heavy (non-hydrogen) atoms. The summed E-state index contributed by atoms with van der Waals surface area (Å²) in [7, 11) is 0. The largest absolute Gasteiger partial charge is 0.424 e. The number of para-hydroxylation sites is 2. The Morgan fingerprint density at radius 2 is 2.24 bits per heavy atom. The van der Waals surface area contributed by atoms with Crippen molar-refractivity contribution in [2.45, 2.75) is 19.8 Å². The quantitative estimate of drug-likeness (QED) is 0.753. The Morgan fingerprint density at radius 3 is 3.00 bits per heavy atom. The van der Waals surface area contributed by atoms with Crippen molar-refractivity contribution >= 4 is 17.1 Å². The topological polar surface area (TPSA) is 64.1 Å². The van der Waals surface area contributed by atoms with Crippen molar-refractivity contribution in [2.75, 3.05) is 18.4 Å². The van der Waals surface area contributed by atoms with Crippen molar-refractivity contribution in [1.29, 1.82) is 0 Å². The molecular weight excluding hydrogens is 214 g/mol. The monoisotopic (exact) mass is 233 g/mol. The van der Waals surface area contributed by atoms with Gasteiger partial charge in [0.2, 0.25) is 0 Å². The highest BCUT2D eigenvalue weighted by Crippen LogP contribution is 2.18. The van der Waals surface area contributed by atoms with Gasteiger partial charge in [-0.25, -0.2) is 0 Å². The smallest absolute Gasteiger partial charge is 0.295 e. The van der Waals surface area contributed by atoms with Crippen LogP contribution in [0.3, 0.4) is 0 Å². The SMILES string of the molecule is CC(CN)CCCNc1nc2ccccc2o1. The summed E-state index contributed by atoms with van der Waals surface area (Å²) < 4.78 is 5.55. The van der Waals surface area contributed by atoms with E-state index in [1.54, 1.807) is 0 Å². The molecule has 0 saturated carbocycles. The van der Waals surface area contributed by atoms with Crippen molar-refractivity contribution in [1.82, 2.24) is 4.98 Å². The average Bonchev–Trinajstić information content (AvgIpc) is 2.76. The highest BCUT2D eigenvalue weighted by molar-refractivity contribution is 5.74. The summed E-state index contributed by atoms with van der Waals surface area (Å²) in [6.07, 6.45) is 2.21. The Hall–Kier alpha value is -1.55. The van der Waals surface area contributed by atoms with Gasteiger partial charge >= 0.3 is 0 Å². The van der Waals surface area contributed by atoms with Gasteiger partial charge in [0, 0.05) is 6.54 Å². The zero-order valence-corrected chi connectivity index (χ0v) is 10.1. The van der Waals surface area contributed by atoms with Crippen LogP contribution in [0.1, 0.15) is 19.8 Å². The highest BCUT2D eigenvalue weighted by atomic mass is 16.4. The number of fused-ring (bicyclic) bond motifs is 1. The molecule has 1 unspecified atom stereocenters. The molecule has 4 heteroatoms. The molecule has 92 valence electrons. The van der Waals surface area contributed by atoms with Gasteiger partial charge < -0.3 is 15.5 Å². The molecule has 0 fully saturated rings. The van der Waals surface area contributed by atoms with Gasteiger partial charge in [-0.2, -0.15) is 4.98 Å². The van der Waals surface area contributed by atoms with Crippen molar-refractivity contribution in [3.63, 3.8) is 0 Å². The van der Waals surface area contributed by atoms with E-state index >= 15 is 0 Å². The van der Waals surface area contributed by atoms with Gasteiger partial charge in [-0.1, -0.05) is 19.1 Å². The van der Waals surface area contributed by atoms with Crippen molar-refractivity contribution in [3.8, 4) is 0 Å². The third kappa shape index (κ3) is 3.20. The summed E-state index contributed by atoms with van der Waals surface area (Å²) in [5.41, 5.74) is 7.28. The maximum Gasteiger partial charge on any atom is 0.295 e. The Labute approximate surface area is 101 Å². The standard InChI is InChI=1S/C13H19N3O/c1-10(9-14)5-4-8-15-13-16-11-6-2-3-7-12(11)17-13/h2-3,6-7,10H,4-5,8-9,14H2,1H3,(H,15,16). The molecule has 0 aliphatic rings. The van der Waals surface area contributed by atoms with E-state index in [4.69, 9.17) is 10.2 Å². The first-order valence-electron chi connectivity index (χ1n) is 6.09. The number of benzene rings is 1. The Kier molecular flexibility index (Phi) is 3.98. The third-order valence-corrected chi connectivity index (χ3v) is 2.85. The minimum Gasteiger partial charge on any atom is -0.424 e. The molecule has 2 aromatic rings. The molecule has 0 aliphatic carbocycles. The molecular formula is C13H19N3O. The zero-order valence-electron chi connectivity index (χ0n) is 10.1. The van der Waals surface area contributed by atoms with Crippen LogP contribution in [0.5, 0.6) is 0 Å². The average molecular weight is 233 g/mol. The summed E-state index contributed by atoms with van der Waals surface area (Å²) in [6, 6.07) is 8.37. The fourth-order valence-corrected chi connectivity index (χ4v) is 1.71. The van der Waals surface area contributed by atoms with Gasteiger partial charge in [0.15, 0.2) is 5.58 Å².